The molecule has 0 radical (unpaired) electrons. The Kier molecular flexibility index (Phi) is 11.2. The number of hydrogen-bond acceptors (Lipinski definition) is 6. The van der Waals surface area contributed by atoms with Crippen molar-refractivity contribution < 1.29 is 27.5 Å². The fourth-order valence-electron chi connectivity index (χ4n) is 5.81. The van der Waals surface area contributed by atoms with Gasteiger partial charge in [0.05, 0.1) is 17.7 Å². The number of nitrogens with one attached hydrogen (secondary N) is 1. The molecule has 1 atom stereocenters. The normalized spacial score (nSPS) is 13.8. The van der Waals surface area contributed by atoms with Gasteiger partial charge in [0, 0.05) is 12.6 Å². The number of nitrogens with zero attached hydrogens (tertiary/aromatic N) is 2. The quantitative estimate of drug-likeness (QED) is 0.165. The number of para-hydroxylation sites is 1. The number of methoxy groups -OCH3 is 1. The second-order valence-electron chi connectivity index (χ2n) is 11.5. The van der Waals surface area contributed by atoms with Crippen LogP contribution >= 0.6 is 0 Å². The third kappa shape index (κ3) is 8.51. The first kappa shape index (κ1) is 33.5. The van der Waals surface area contributed by atoms with Crippen molar-refractivity contribution in [2.24, 2.45) is 0 Å². The monoisotopic (exact) mass is 655 g/mol. The fraction of sp³-hybridized carbons (Fsp3) is 0.297. The topological polar surface area (TPSA) is 105 Å². The van der Waals surface area contributed by atoms with Gasteiger partial charge < -0.3 is 19.7 Å². The van der Waals surface area contributed by atoms with Crippen molar-refractivity contribution in [3.63, 3.8) is 0 Å². The number of hydrogen-bond donors (Lipinski definition) is 1. The highest BCUT2D eigenvalue weighted by Crippen LogP contribution is 2.29. The molecule has 0 spiro atoms. The average molecular weight is 656 g/mol. The van der Waals surface area contributed by atoms with Crippen LogP contribution in [0.15, 0.2) is 114 Å². The summed E-state index contributed by atoms with van der Waals surface area (Å²) in [6, 6.07) is 30.4. The van der Waals surface area contributed by atoms with Gasteiger partial charge in [-0.05, 0) is 85.5 Å². The predicted molar refractivity (Wildman–Crippen MR) is 182 cm³/mol. The maximum absolute atomic E-state index is 14.4. The van der Waals surface area contributed by atoms with E-state index in [2.05, 4.69) is 5.32 Å². The summed E-state index contributed by atoms with van der Waals surface area (Å²) in [5.74, 6) is 1.02. The molecule has 246 valence electrons. The minimum Gasteiger partial charge on any atom is -0.497 e. The second-order valence-corrected chi connectivity index (χ2v) is 13.4. The third-order valence-corrected chi connectivity index (χ3v) is 10.1. The molecule has 9 nitrogen and oxygen atoms in total. The van der Waals surface area contributed by atoms with Gasteiger partial charge in [-0.2, -0.15) is 0 Å². The van der Waals surface area contributed by atoms with Gasteiger partial charge in [0.25, 0.3) is 10.0 Å². The molecular weight excluding hydrogens is 614 g/mol. The molecule has 1 fully saturated rings. The number of anilines is 1. The smallest absolute Gasteiger partial charge is 0.264 e. The van der Waals surface area contributed by atoms with Crippen LogP contribution in [-0.4, -0.2) is 50.9 Å². The van der Waals surface area contributed by atoms with Crippen molar-refractivity contribution in [3.05, 3.63) is 115 Å². The molecule has 2 amide bonds. The molecule has 10 heteroatoms. The van der Waals surface area contributed by atoms with Gasteiger partial charge in [-0.1, -0.05) is 68.3 Å². The lowest BCUT2D eigenvalue weighted by Gasteiger charge is -2.34. The summed E-state index contributed by atoms with van der Waals surface area (Å²) < 4.78 is 40.7. The van der Waals surface area contributed by atoms with Crippen LogP contribution in [-0.2, 0) is 26.2 Å². The van der Waals surface area contributed by atoms with Crippen LogP contribution in [0.25, 0.3) is 0 Å². The van der Waals surface area contributed by atoms with E-state index in [-0.39, 0.29) is 29.1 Å². The van der Waals surface area contributed by atoms with E-state index in [9.17, 15) is 18.0 Å². The van der Waals surface area contributed by atoms with Crippen molar-refractivity contribution in [1.82, 2.24) is 10.2 Å². The highest BCUT2D eigenvalue weighted by molar-refractivity contribution is 7.92. The molecular formula is C37H41N3O6S. The molecule has 0 aliphatic heterocycles. The predicted octanol–water partition coefficient (Wildman–Crippen LogP) is 6.55. The van der Waals surface area contributed by atoms with E-state index in [1.54, 1.807) is 55.6 Å². The molecule has 0 heterocycles. The fourth-order valence-corrected chi connectivity index (χ4v) is 7.24. The van der Waals surface area contributed by atoms with Crippen LogP contribution in [0.5, 0.6) is 17.2 Å². The zero-order valence-electron chi connectivity index (χ0n) is 26.7. The van der Waals surface area contributed by atoms with Gasteiger partial charge in [-0.3, -0.25) is 13.9 Å². The van der Waals surface area contributed by atoms with Gasteiger partial charge in [0.1, 0.15) is 29.8 Å². The van der Waals surface area contributed by atoms with Crippen LogP contribution < -0.4 is 19.1 Å². The minimum absolute atomic E-state index is 0.0442. The molecule has 1 aliphatic rings. The number of amides is 2. The maximum atomic E-state index is 14.4. The Morgan fingerprint density at radius 3 is 2.09 bits per heavy atom. The summed E-state index contributed by atoms with van der Waals surface area (Å²) >= 11 is 0. The number of ether oxygens (including phenoxy) is 2. The highest BCUT2D eigenvalue weighted by atomic mass is 32.2. The van der Waals surface area contributed by atoms with Crippen LogP contribution in [0.3, 0.4) is 0 Å². The SMILES string of the molecule is CC[C@H](C(=O)NC1CCCC1)N(Cc1cccc(OC)c1)C(=O)CN(c1ccc(Oc2ccccc2)cc1)S(=O)(=O)c1ccccc1. The Bertz CT molecular complexity index is 1730. The molecule has 1 aliphatic carbocycles. The average Bonchev–Trinajstić information content (AvgIpc) is 3.61. The van der Waals surface area contributed by atoms with Gasteiger partial charge in [-0.15, -0.1) is 0 Å². The molecule has 47 heavy (non-hydrogen) atoms. The molecule has 1 saturated carbocycles. The van der Waals surface area contributed by atoms with E-state index in [0.29, 0.717) is 23.7 Å². The lowest BCUT2D eigenvalue weighted by atomic mass is 10.1. The standard InChI is InChI=1S/C37H41N3O6S/c1-3-35(37(42)38-29-14-10-11-15-29)39(26-28-13-12-18-33(25-28)45-2)36(41)27-40(47(43,44)34-19-8-5-9-20-34)30-21-23-32(24-22-30)46-31-16-6-4-7-17-31/h4-9,12-13,16-25,29,35H,3,10-11,14-15,26-27H2,1-2H3,(H,38,42)/t35-/m1/s1. The summed E-state index contributed by atoms with van der Waals surface area (Å²) in [6.07, 6.45) is 4.26. The van der Waals surface area contributed by atoms with E-state index in [1.807, 2.05) is 55.5 Å². The Morgan fingerprint density at radius 1 is 0.830 bits per heavy atom. The van der Waals surface area contributed by atoms with E-state index in [4.69, 9.17) is 9.47 Å². The van der Waals surface area contributed by atoms with Crippen molar-refractivity contribution in [1.29, 1.82) is 0 Å². The molecule has 5 rings (SSSR count). The van der Waals surface area contributed by atoms with Crippen molar-refractivity contribution >= 4 is 27.5 Å². The Labute approximate surface area is 277 Å². The molecule has 4 aromatic carbocycles. The van der Waals surface area contributed by atoms with Crippen molar-refractivity contribution in [2.75, 3.05) is 18.0 Å². The molecule has 1 N–H and O–H groups in total. The van der Waals surface area contributed by atoms with Gasteiger partial charge in [-0.25, -0.2) is 8.42 Å². The van der Waals surface area contributed by atoms with Crippen LogP contribution in [0.2, 0.25) is 0 Å². The molecule has 0 aromatic heterocycles. The lowest BCUT2D eigenvalue weighted by molar-refractivity contribution is -0.140. The van der Waals surface area contributed by atoms with Gasteiger partial charge in [0.15, 0.2) is 0 Å². The van der Waals surface area contributed by atoms with Crippen molar-refractivity contribution in [3.8, 4) is 17.2 Å². The summed E-state index contributed by atoms with van der Waals surface area (Å²) in [6.45, 7) is 1.43. The maximum Gasteiger partial charge on any atom is 0.264 e. The lowest BCUT2D eigenvalue weighted by Crippen LogP contribution is -2.53. The first-order chi connectivity index (χ1) is 22.8. The number of carbonyl (C=O) groups is 2. The van der Waals surface area contributed by atoms with Gasteiger partial charge in [0.2, 0.25) is 11.8 Å². The summed E-state index contributed by atoms with van der Waals surface area (Å²) in [5, 5.41) is 3.14. The first-order valence-electron chi connectivity index (χ1n) is 15.9. The molecule has 0 bridgehead atoms. The summed E-state index contributed by atoms with van der Waals surface area (Å²) in [5.41, 5.74) is 1.04. The number of carbonyl (C=O) groups excluding carboxylic acids is 2. The first-order valence-corrected chi connectivity index (χ1v) is 17.4. The third-order valence-electron chi connectivity index (χ3n) is 8.29. The van der Waals surface area contributed by atoms with E-state index >= 15 is 0 Å². The zero-order valence-corrected chi connectivity index (χ0v) is 27.6. The number of benzene rings is 4. The summed E-state index contributed by atoms with van der Waals surface area (Å²) in [4.78, 5) is 29.6. The van der Waals surface area contributed by atoms with E-state index in [1.165, 1.54) is 17.0 Å². The van der Waals surface area contributed by atoms with Crippen LogP contribution in [0.1, 0.15) is 44.6 Å². The molecule has 0 saturated heterocycles. The Morgan fingerprint density at radius 2 is 1.45 bits per heavy atom. The van der Waals surface area contributed by atoms with Crippen LogP contribution in [0.4, 0.5) is 5.69 Å². The second kappa shape index (κ2) is 15.6. The van der Waals surface area contributed by atoms with Gasteiger partial charge >= 0.3 is 0 Å². The van der Waals surface area contributed by atoms with Crippen molar-refractivity contribution in [2.45, 2.75) is 62.6 Å². The van der Waals surface area contributed by atoms with Crippen LogP contribution in [0, 0.1) is 0 Å². The number of sulfonamides is 1. The molecule has 4 aromatic rings. The largest absolute Gasteiger partial charge is 0.497 e. The number of rotatable bonds is 14. The molecule has 0 unspecified atom stereocenters. The Balaban J connectivity index is 1.48. The summed E-state index contributed by atoms with van der Waals surface area (Å²) in [7, 11) is -2.62. The zero-order chi connectivity index (χ0) is 33.2. The highest BCUT2D eigenvalue weighted by Gasteiger charge is 2.34. The Hall–Kier alpha value is -4.83. The van der Waals surface area contributed by atoms with E-state index < -0.39 is 28.5 Å². The minimum atomic E-state index is -4.18. The van der Waals surface area contributed by atoms with E-state index in [0.717, 1.165) is 35.6 Å².